The molecule has 3 aliphatic rings. The summed E-state index contributed by atoms with van der Waals surface area (Å²) in [6.45, 7) is 12.8. The van der Waals surface area contributed by atoms with E-state index in [9.17, 15) is 0 Å². The van der Waals surface area contributed by atoms with Crippen molar-refractivity contribution >= 4 is 5.96 Å². The van der Waals surface area contributed by atoms with Crippen molar-refractivity contribution in [3.05, 3.63) is 35.4 Å². The van der Waals surface area contributed by atoms with Gasteiger partial charge in [-0.15, -0.1) is 0 Å². The van der Waals surface area contributed by atoms with Gasteiger partial charge >= 0.3 is 0 Å². The van der Waals surface area contributed by atoms with Crippen LogP contribution in [0.25, 0.3) is 0 Å². The summed E-state index contributed by atoms with van der Waals surface area (Å²) in [4.78, 5) is 12.3. The Morgan fingerprint density at radius 3 is 2.56 bits per heavy atom. The number of guanidine groups is 1. The molecule has 4 rings (SSSR count). The third kappa shape index (κ3) is 6.67. The Kier molecular flexibility index (Phi) is 8.79. The maximum absolute atomic E-state index is 6.02. The third-order valence-corrected chi connectivity index (χ3v) is 6.76. The van der Waals surface area contributed by atoms with Crippen molar-refractivity contribution in [2.75, 3.05) is 66.1 Å². The van der Waals surface area contributed by atoms with Crippen LogP contribution in [0.4, 0.5) is 0 Å². The van der Waals surface area contributed by atoms with Crippen molar-refractivity contribution in [3.8, 4) is 0 Å². The van der Waals surface area contributed by atoms with Crippen LogP contribution in [0.3, 0.4) is 0 Å². The Morgan fingerprint density at radius 1 is 0.969 bits per heavy atom. The van der Waals surface area contributed by atoms with Crippen molar-refractivity contribution < 1.29 is 9.47 Å². The molecule has 3 saturated heterocycles. The van der Waals surface area contributed by atoms with Crippen LogP contribution in [-0.4, -0.2) is 98.9 Å². The van der Waals surface area contributed by atoms with E-state index in [2.05, 4.69) is 58.3 Å². The molecule has 3 heterocycles. The van der Waals surface area contributed by atoms with Crippen molar-refractivity contribution in [3.63, 3.8) is 0 Å². The van der Waals surface area contributed by atoms with Crippen LogP contribution in [0.2, 0.25) is 0 Å². The lowest BCUT2D eigenvalue weighted by Crippen LogP contribution is -2.53. The molecule has 0 saturated carbocycles. The molecule has 1 aromatic carbocycles. The van der Waals surface area contributed by atoms with E-state index in [1.54, 1.807) is 0 Å². The molecule has 2 atom stereocenters. The van der Waals surface area contributed by atoms with Crippen LogP contribution in [0.15, 0.2) is 29.3 Å². The number of hydrogen-bond donors (Lipinski definition) is 1. The summed E-state index contributed by atoms with van der Waals surface area (Å²) in [5.41, 5.74) is 2.64. The largest absolute Gasteiger partial charge is 0.375 e. The summed E-state index contributed by atoms with van der Waals surface area (Å²) in [5.74, 6) is 0.983. The Bertz CT molecular complexity index is 720. The van der Waals surface area contributed by atoms with E-state index < -0.39 is 0 Å². The predicted octanol–water partition coefficient (Wildman–Crippen LogP) is 2.17. The van der Waals surface area contributed by atoms with Crippen LogP contribution < -0.4 is 5.32 Å². The number of morpholine rings is 1. The molecule has 1 N–H and O–H groups in total. The fraction of sp³-hybridized carbons (Fsp3) is 0.720. The van der Waals surface area contributed by atoms with Gasteiger partial charge in [0.15, 0.2) is 5.96 Å². The van der Waals surface area contributed by atoms with Crippen LogP contribution >= 0.6 is 0 Å². The standard InChI is InChI=1S/C25H41N5O2/c1-3-26-25(30-15-17-32-24(20-30)23-6-4-16-31-23)27-18-21-7-9-22(10-8-21)19-29-12-5-11-28(2)13-14-29/h7-10,23-24H,3-6,11-20H2,1-2H3,(H,26,27). The summed E-state index contributed by atoms with van der Waals surface area (Å²) in [5, 5.41) is 3.48. The zero-order valence-corrected chi connectivity index (χ0v) is 20.0. The lowest BCUT2D eigenvalue weighted by atomic mass is 10.1. The van der Waals surface area contributed by atoms with Gasteiger partial charge in [0.25, 0.3) is 0 Å². The van der Waals surface area contributed by atoms with Gasteiger partial charge in [0.05, 0.1) is 19.3 Å². The topological polar surface area (TPSA) is 52.6 Å². The number of nitrogens with one attached hydrogen (secondary N) is 1. The van der Waals surface area contributed by atoms with E-state index in [1.165, 1.54) is 30.6 Å². The number of aliphatic imine (C=N–C) groups is 1. The molecule has 0 aliphatic carbocycles. The van der Waals surface area contributed by atoms with E-state index in [0.29, 0.717) is 6.54 Å². The second-order valence-corrected chi connectivity index (χ2v) is 9.33. The van der Waals surface area contributed by atoms with Gasteiger partial charge in [-0.25, -0.2) is 4.99 Å². The highest BCUT2D eigenvalue weighted by Gasteiger charge is 2.32. The summed E-state index contributed by atoms with van der Waals surface area (Å²) in [6, 6.07) is 9.02. The molecule has 2 unspecified atom stereocenters. The SMILES string of the molecule is CCNC(=NCc1ccc(CN2CCCN(C)CC2)cc1)N1CCOC(C2CCCO2)C1. The average molecular weight is 444 g/mol. The quantitative estimate of drug-likeness (QED) is 0.537. The summed E-state index contributed by atoms with van der Waals surface area (Å²) in [7, 11) is 2.22. The highest BCUT2D eigenvalue weighted by molar-refractivity contribution is 5.80. The van der Waals surface area contributed by atoms with Crippen molar-refractivity contribution in [1.29, 1.82) is 0 Å². The van der Waals surface area contributed by atoms with E-state index >= 15 is 0 Å². The van der Waals surface area contributed by atoms with Gasteiger partial charge in [0, 0.05) is 45.9 Å². The minimum Gasteiger partial charge on any atom is -0.375 e. The molecule has 0 aromatic heterocycles. The second kappa shape index (κ2) is 12.0. The number of benzene rings is 1. The lowest BCUT2D eigenvalue weighted by molar-refractivity contribution is -0.0817. The van der Waals surface area contributed by atoms with Crippen molar-refractivity contribution in [1.82, 2.24) is 20.0 Å². The molecule has 7 heteroatoms. The average Bonchev–Trinajstić information content (AvgIpc) is 3.28. The molecule has 0 spiro atoms. The molecule has 0 radical (unpaired) electrons. The Labute approximate surface area is 193 Å². The lowest BCUT2D eigenvalue weighted by Gasteiger charge is -2.37. The van der Waals surface area contributed by atoms with Crippen molar-refractivity contribution in [2.24, 2.45) is 4.99 Å². The smallest absolute Gasteiger partial charge is 0.194 e. The zero-order valence-electron chi connectivity index (χ0n) is 20.0. The number of hydrogen-bond acceptors (Lipinski definition) is 5. The molecule has 0 amide bonds. The highest BCUT2D eigenvalue weighted by atomic mass is 16.5. The Balaban J connectivity index is 1.32. The van der Waals surface area contributed by atoms with E-state index in [0.717, 1.165) is 71.3 Å². The van der Waals surface area contributed by atoms with Crippen LogP contribution in [0.5, 0.6) is 0 Å². The molecule has 178 valence electrons. The molecule has 3 aliphatic heterocycles. The molecule has 0 bridgehead atoms. The minimum absolute atomic E-state index is 0.146. The highest BCUT2D eigenvalue weighted by Crippen LogP contribution is 2.21. The molecular weight excluding hydrogens is 402 g/mol. The van der Waals surface area contributed by atoms with Crippen LogP contribution in [0, 0.1) is 0 Å². The van der Waals surface area contributed by atoms with Crippen molar-refractivity contribution in [2.45, 2.75) is 51.5 Å². The number of likely N-dealkylation sites (N-methyl/N-ethyl adjacent to an activating group) is 1. The van der Waals surface area contributed by atoms with E-state index in [4.69, 9.17) is 14.5 Å². The van der Waals surface area contributed by atoms with Gasteiger partial charge in [0.1, 0.15) is 6.10 Å². The van der Waals surface area contributed by atoms with Crippen LogP contribution in [0.1, 0.15) is 37.3 Å². The molecule has 32 heavy (non-hydrogen) atoms. The van der Waals surface area contributed by atoms with Gasteiger partial charge in [0.2, 0.25) is 0 Å². The zero-order chi connectivity index (χ0) is 22.2. The first kappa shape index (κ1) is 23.5. The van der Waals surface area contributed by atoms with Gasteiger partial charge in [-0.05, 0) is 57.5 Å². The van der Waals surface area contributed by atoms with Gasteiger partial charge < -0.3 is 24.6 Å². The molecule has 3 fully saturated rings. The first-order valence-corrected chi connectivity index (χ1v) is 12.5. The minimum atomic E-state index is 0.146. The van der Waals surface area contributed by atoms with Crippen LogP contribution in [-0.2, 0) is 22.6 Å². The second-order valence-electron chi connectivity index (χ2n) is 9.33. The molecule has 7 nitrogen and oxygen atoms in total. The fourth-order valence-corrected chi connectivity index (χ4v) is 4.85. The normalized spacial score (nSPS) is 26.3. The Hall–Kier alpha value is -1.67. The fourth-order valence-electron chi connectivity index (χ4n) is 4.85. The Morgan fingerprint density at radius 2 is 1.78 bits per heavy atom. The van der Waals surface area contributed by atoms with E-state index in [1.807, 2.05) is 0 Å². The summed E-state index contributed by atoms with van der Waals surface area (Å²) >= 11 is 0. The molecular formula is C25H41N5O2. The molecule has 1 aromatic rings. The number of ether oxygens (including phenoxy) is 2. The monoisotopic (exact) mass is 443 g/mol. The maximum atomic E-state index is 6.02. The predicted molar refractivity (Wildman–Crippen MR) is 129 cm³/mol. The first-order valence-electron chi connectivity index (χ1n) is 12.5. The van der Waals surface area contributed by atoms with E-state index in [-0.39, 0.29) is 12.2 Å². The number of nitrogens with zero attached hydrogens (tertiary/aromatic N) is 4. The summed E-state index contributed by atoms with van der Waals surface area (Å²) < 4.78 is 11.9. The first-order chi connectivity index (χ1) is 15.7. The maximum Gasteiger partial charge on any atom is 0.194 e. The van der Waals surface area contributed by atoms with Gasteiger partial charge in [-0.2, -0.15) is 0 Å². The number of rotatable bonds is 6. The van der Waals surface area contributed by atoms with Gasteiger partial charge in [-0.1, -0.05) is 24.3 Å². The third-order valence-electron chi connectivity index (χ3n) is 6.76. The summed E-state index contributed by atoms with van der Waals surface area (Å²) in [6.07, 6.45) is 3.88. The van der Waals surface area contributed by atoms with Gasteiger partial charge in [-0.3, -0.25) is 4.90 Å².